The predicted molar refractivity (Wildman–Crippen MR) is 246 cm³/mol. The van der Waals surface area contributed by atoms with Crippen molar-refractivity contribution in [1.29, 1.82) is 0 Å². The van der Waals surface area contributed by atoms with Crippen LogP contribution in [-0.2, 0) is 25.6 Å². The highest BCUT2D eigenvalue weighted by Crippen LogP contribution is 2.53. The van der Waals surface area contributed by atoms with E-state index in [9.17, 15) is 19.2 Å². The molecule has 0 saturated carbocycles. The van der Waals surface area contributed by atoms with Crippen LogP contribution in [-0.4, -0.2) is 104 Å². The summed E-state index contributed by atoms with van der Waals surface area (Å²) in [6.45, 7) is 11.9. The molecule has 0 aliphatic carbocycles. The lowest BCUT2D eigenvalue weighted by Crippen LogP contribution is -2.57. The van der Waals surface area contributed by atoms with E-state index in [-0.39, 0.29) is 45.1 Å². The standard InChI is InChI=1S/C43H60N8O4S4/c1-22(46-7)38(56)48-28-18-30(58-32-20-42(3,4)34(36(44)52)50(32)40(28)54)26-13-9-24(10-14-26)17-25-11-15-27(16-12-25)31-19-29(49-39(57)23(2)47-8)41(55)51-33(59-31)21-43(5,6)35(51)37(45)53/h9-16,22-23,28-35,46-47H,17-21H2,1-8H3,(H2,44,52)(H2,45,53)(H,48,56)(H,49,57)/t22-,23-,28?,29?,30?,31?,32?,33?,34?,35?/m0/s1. The van der Waals surface area contributed by atoms with Gasteiger partial charge < -0.3 is 42.5 Å². The molecule has 8 unspecified atom stereocenters. The van der Waals surface area contributed by atoms with E-state index in [4.69, 9.17) is 35.9 Å². The first-order chi connectivity index (χ1) is 27.8. The van der Waals surface area contributed by atoms with E-state index in [0.717, 1.165) is 28.7 Å². The topological polar surface area (TPSA) is 175 Å². The lowest BCUT2D eigenvalue weighted by molar-refractivity contribution is -0.141. The highest BCUT2D eigenvalue weighted by atomic mass is 32.2. The molecule has 2 aromatic rings. The molecule has 4 saturated heterocycles. The number of thioether (sulfide) groups is 2. The maximum atomic E-state index is 14.2. The van der Waals surface area contributed by atoms with E-state index in [1.54, 1.807) is 33.3 Å². The van der Waals surface area contributed by atoms with Crippen LogP contribution in [0.15, 0.2) is 48.5 Å². The van der Waals surface area contributed by atoms with Gasteiger partial charge in [0, 0.05) is 10.5 Å². The number of nitrogens with one attached hydrogen (secondary N) is 4. The van der Waals surface area contributed by atoms with Gasteiger partial charge in [-0.1, -0.05) is 101 Å². The van der Waals surface area contributed by atoms with Gasteiger partial charge >= 0.3 is 0 Å². The van der Waals surface area contributed by atoms with Crippen LogP contribution in [0.4, 0.5) is 0 Å². The van der Waals surface area contributed by atoms with Gasteiger partial charge in [-0.05, 0) is 93.1 Å². The number of thiocarbonyl (C=S) groups is 2. The van der Waals surface area contributed by atoms with E-state index >= 15 is 0 Å². The number of carbonyl (C=O) groups excluding carboxylic acids is 4. The van der Waals surface area contributed by atoms with E-state index in [1.165, 1.54) is 0 Å². The third-order valence-corrected chi connectivity index (χ3v) is 16.6. The highest BCUT2D eigenvalue weighted by molar-refractivity contribution is 8.00. The number of benzene rings is 2. The van der Waals surface area contributed by atoms with Gasteiger partial charge in [-0.3, -0.25) is 19.2 Å². The second-order valence-corrected chi connectivity index (χ2v) is 21.6. The lowest BCUT2D eigenvalue weighted by atomic mass is 9.84. The van der Waals surface area contributed by atoms with Gasteiger partial charge in [-0.25, -0.2) is 0 Å². The number of hydrogen-bond donors (Lipinski definition) is 6. The fourth-order valence-corrected chi connectivity index (χ4v) is 13.4. The third kappa shape index (κ3) is 9.47. The Balaban J connectivity index is 1.20. The number of likely N-dealkylation sites (N-methyl/N-ethyl adjacent to an activating group) is 2. The molecule has 4 aliphatic heterocycles. The monoisotopic (exact) mass is 880 g/mol. The quantitative estimate of drug-likeness (QED) is 0.167. The summed E-state index contributed by atoms with van der Waals surface area (Å²) in [5.41, 5.74) is 15.5. The van der Waals surface area contributed by atoms with E-state index < -0.39 is 46.8 Å². The smallest absolute Gasteiger partial charge is 0.246 e. The van der Waals surface area contributed by atoms with Gasteiger partial charge in [0.05, 0.1) is 32.8 Å². The van der Waals surface area contributed by atoms with E-state index in [1.807, 2.05) is 55.6 Å². The molecule has 16 heteroatoms. The first kappa shape index (κ1) is 45.3. The molecule has 4 aliphatic rings. The summed E-state index contributed by atoms with van der Waals surface area (Å²) in [5.74, 6) is -1.26. The van der Waals surface area contributed by atoms with Crippen molar-refractivity contribution in [2.24, 2.45) is 22.3 Å². The van der Waals surface area contributed by atoms with Crippen LogP contribution < -0.4 is 32.7 Å². The summed E-state index contributed by atoms with van der Waals surface area (Å²) in [6, 6.07) is 14.3. The summed E-state index contributed by atoms with van der Waals surface area (Å²) in [6.07, 6.45) is 3.07. The molecule has 0 radical (unpaired) electrons. The Hall–Kier alpha value is -3.28. The van der Waals surface area contributed by atoms with Crippen LogP contribution in [0.25, 0.3) is 0 Å². The average Bonchev–Trinajstić information content (AvgIpc) is 3.52. The molecule has 4 heterocycles. The Labute approximate surface area is 368 Å². The Morgan fingerprint density at radius 1 is 0.695 bits per heavy atom. The number of rotatable bonds is 12. The van der Waals surface area contributed by atoms with Gasteiger partial charge in [0.2, 0.25) is 23.6 Å². The van der Waals surface area contributed by atoms with Gasteiger partial charge in [0.15, 0.2) is 0 Å². The number of amides is 4. The number of nitrogens with zero attached hydrogens (tertiary/aromatic N) is 2. The summed E-state index contributed by atoms with van der Waals surface area (Å²) < 4.78 is 0. The summed E-state index contributed by atoms with van der Waals surface area (Å²) >= 11 is 14.8. The van der Waals surface area contributed by atoms with Gasteiger partial charge in [-0.15, -0.1) is 23.5 Å². The maximum Gasteiger partial charge on any atom is 0.246 e. The molecule has 12 nitrogen and oxygen atoms in total. The molecule has 0 spiro atoms. The SMILES string of the molecule is CN[C@@H](C)C(=S)NC1CC(c2ccc(Cc3ccc(C4CC(NC(=S)[C@H](C)NC)C(=O)N5C(CC(C)(C)C5C(N)=O)S4)cc3)cc2)SC2CC(C)(C)C(C(N)=O)N2C1=O. The predicted octanol–water partition coefficient (Wildman–Crippen LogP) is 4.30. The normalized spacial score (nSPS) is 29.7. The molecule has 0 aromatic heterocycles. The van der Waals surface area contributed by atoms with Gasteiger partial charge in [0.1, 0.15) is 24.2 Å². The van der Waals surface area contributed by atoms with Crippen LogP contribution >= 0.6 is 48.0 Å². The second kappa shape index (κ2) is 18.0. The second-order valence-electron chi connectivity index (χ2n) is 17.9. The molecule has 2 aromatic carbocycles. The molecule has 10 atom stereocenters. The van der Waals surface area contributed by atoms with E-state index in [0.29, 0.717) is 35.7 Å². The molecule has 6 rings (SSSR count). The first-order valence-corrected chi connectivity index (χ1v) is 23.1. The third-order valence-electron chi connectivity index (χ3n) is 12.6. The summed E-state index contributed by atoms with van der Waals surface area (Å²) in [5, 5.41) is 12.5. The van der Waals surface area contributed by atoms with Crippen molar-refractivity contribution in [1.82, 2.24) is 31.1 Å². The van der Waals surface area contributed by atoms with Crippen LogP contribution in [0, 0.1) is 10.8 Å². The molecular formula is C43H60N8O4S4. The minimum atomic E-state index is -0.703. The Kier molecular flexibility index (Phi) is 13.8. The van der Waals surface area contributed by atoms with Crippen molar-refractivity contribution in [3.63, 3.8) is 0 Å². The minimum absolute atomic E-state index is 0.0207. The number of carbonyl (C=O) groups is 4. The van der Waals surface area contributed by atoms with Crippen LogP contribution in [0.1, 0.15) is 100.0 Å². The summed E-state index contributed by atoms with van der Waals surface area (Å²) in [4.78, 5) is 58.5. The van der Waals surface area contributed by atoms with E-state index in [2.05, 4.69) is 69.8 Å². The van der Waals surface area contributed by atoms with Crippen molar-refractivity contribution in [2.45, 2.75) is 131 Å². The van der Waals surface area contributed by atoms with Crippen LogP contribution in [0.5, 0.6) is 0 Å². The molecule has 8 N–H and O–H groups in total. The van der Waals surface area contributed by atoms with Crippen LogP contribution in [0.2, 0.25) is 0 Å². The van der Waals surface area contributed by atoms with Crippen molar-refractivity contribution in [2.75, 3.05) is 14.1 Å². The Bertz CT molecular complexity index is 1810. The molecular weight excluding hydrogens is 821 g/mol. The Morgan fingerprint density at radius 2 is 1.03 bits per heavy atom. The van der Waals surface area contributed by atoms with Crippen LogP contribution in [0.3, 0.4) is 0 Å². The fourth-order valence-electron chi connectivity index (χ4n) is 9.16. The minimum Gasteiger partial charge on any atom is -0.368 e. The maximum absolute atomic E-state index is 14.2. The fraction of sp³-hybridized carbons (Fsp3) is 0.581. The van der Waals surface area contributed by atoms with Crippen molar-refractivity contribution >= 4 is 81.6 Å². The average molecular weight is 881 g/mol. The van der Waals surface area contributed by atoms with Crippen molar-refractivity contribution in [3.05, 3.63) is 70.8 Å². The molecule has 4 fully saturated rings. The number of fused-ring (bicyclic) bond motifs is 2. The number of primary amides is 2. The lowest BCUT2D eigenvalue weighted by Gasteiger charge is -2.33. The van der Waals surface area contributed by atoms with Gasteiger partial charge in [0.25, 0.3) is 0 Å². The number of hydrogen-bond acceptors (Lipinski definition) is 10. The highest BCUT2D eigenvalue weighted by Gasteiger charge is 2.56. The van der Waals surface area contributed by atoms with Crippen molar-refractivity contribution in [3.8, 4) is 0 Å². The zero-order chi connectivity index (χ0) is 43.1. The molecule has 0 bridgehead atoms. The van der Waals surface area contributed by atoms with Crippen molar-refractivity contribution < 1.29 is 19.2 Å². The number of nitrogens with two attached hydrogens (primary N) is 2. The molecule has 59 heavy (non-hydrogen) atoms. The zero-order valence-electron chi connectivity index (χ0n) is 35.2. The first-order valence-electron chi connectivity index (χ1n) is 20.4. The zero-order valence-corrected chi connectivity index (χ0v) is 38.5. The molecule has 4 amide bonds. The van der Waals surface area contributed by atoms with Gasteiger partial charge in [-0.2, -0.15) is 0 Å². The molecule has 320 valence electrons. The largest absolute Gasteiger partial charge is 0.368 e. The Morgan fingerprint density at radius 3 is 1.34 bits per heavy atom. The summed E-state index contributed by atoms with van der Waals surface area (Å²) in [7, 11) is 3.65.